The molecule has 4 nitrogen and oxygen atoms in total. The molecule has 2 fully saturated rings. The number of fused-ring (bicyclic) bond motifs is 1. The molecule has 2 aliphatic carbocycles. The molecule has 0 bridgehead atoms. The van der Waals surface area contributed by atoms with Crippen LogP contribution in [0.3, 0.4) is 0 Å². The monoisotopic (exact) mass is 378 g/mol. The molecule has 0 saturated heterocycles. The van der Waals surface area contributed by atoms with E-state index in [9.17, 15) is 13.6 Å². The van der Waals surface area contributed by atoms with Crippen LogP contribution in [0.5, 0.6) is 5.75 Å². The van der Waals surface area contributed by atoms with Gasteiger partial charge in [-0.3, -0.25) is 4.79 Å². The van der Waals surface area contributed by atoms with Crippen LogP contribution in [0.15, 0.2) is 24.3 Å². The van der Waals surface area contributed by atoms with Crippen molar-refractivity contribution >= 4 is 23.2 Å². The fourth-order valence-corrected chi connectivity index (χ4v) is 3.65. The highest BCUT2D eigenvalue weighted by Gasteiger charge is 2.47. The number of carbonyl (C=O) groups is 1. The second-order valence-electron chi connectivity index (χ2n) is 6.99. The van der Waals surface area contributed by atoms with Crippen LogP contribution in [-0.2, 0) is 0 Å². The van der Waals surface area contributed by atoms with Crippen LogP contribution in [0, 0.1) is 30.4 Å². The van der Waals surface area contributed by atoms with Gasteiger partial charge < -0.3 is 10.1 Å². The van der Waals surface area contributed by atoms with Crippen LogP contribution in [0.4, 0.5) is 14.5 Å². The standard InChI is InChI=1S/C19H17ClF2N2O2/c1-9-2-3-16(24-18(9)20)19(25)23-12-7-14(21)17(15(22)8-12)26-13-5-10-4-11(10)6-13/h2-3,7-8,10-11,13H,4-6H2,1H3,(H,23,25). The second kappa shape index (κ2) is 6.50. The molecule has 2 saturated carbocycles. The fourth-order valence-electron chi connectivity index (χ4n) is 3.49. The number of rotatable bonds is 4. The highest BCUT2D eigenvalue weighted by Crippen LogP contribution is 2.52. The van der Waals surface area contributed by atoms with Gasteiger partial charge >= 0.3 is 0 Å². The van der Waals surface area contributed by atoms with Crippen LogP contribution in [0.1, 0.15) is 35.3 Å². The molecule has 0 aliphatic heterocycles. The molecule has 2 atom stereocenters. The molecule has 26 heavy (non-hydrogen) atoms. The lowest BCUT2D eigenvalue weighted by Crippen LogP contribution is -2.17. The van der Waals surface area contributed by atoms with Crippen molar-refractivity contribution in [1.82, 2.24) is 4.98 Å². The molecule has 136 valence electrons. The Balaban J connectivity index is 1.48. The van der Waals surface area contributed by atoms with Gasteiger partial charge in [0.05, 0.1) is 6.10 Å². The number of ether oxygens (including phenoxy) is 1. The Hall–Kier alpha value is -2.21. The number of hydrogen-bond donors (Lipinski definition) is 1. The summed E-state index contributed by atoms with van der Waals surface area (Å²) in [4.78, 5) is 16.1. The Labute approximate surface area is 154 Å². The van der Waals surface area contributed by atoms with Crippen LogP contribution < -0.4 is 10.1 Å². The molecule has 4 rings (SSSR count). The first-order valence-electron chi connectivity index (χ1n) is 8.51. The summed E-state index contributed by atoms with van der Waals surface area (Å²) in [5.74, 6) is -1.36. The largest absolute Gasteiger partial charge is 0.484 e. The van der Waals surface area contributed by atoms with E-state index >= 15 is 0 Å². The number of aryl methyl sites for hydroxylation is 1. The van der Waals surface area contributed by atoms with E-state index in [1.165, 1.54) is 12.5 Å². The molecule has 0 radical (unpaired) electrons. The summed E-state index contributed by atoms with van der Waals surface area (Å²) in [6, 6.07) is 5.23. The third-order valence-corrected chi connectivity index (χ3v) is 5.39. The van der Waals surface area contributed by atoms with Crippen molar-refractivity contribution in [3.05, 3.63) is 52.3 Å². The topological polar surface area (TPSA) is 51.2 Å². The summed E-state index contributed by atoms with van der Waals surface area (Å²) in [5.41, 5.74) is 0.781. The van der Waals surface area contributed by atoms with Gasteiger partial charge in [0.2, 0.25) is 0 Å². The van der Waals surface area contributed by atoms with Crippen LogP contribution >= 0.6 is 11.6 Å². The zero-order valence-electron chi connectivity index (χ0n) is 14.1. The molecule has 1 heterocycles. The SMILES string of the molecule is Cc1ccc(C(=O)Nc2cc(F)c(OC3CC4CC4C3)c(F)c2)nc1Cl. The molecule has 1 amide bonds. The minimum atomic E-state index is -0.837. The van der Waals surface area contributed by atoms with Crippen molar-refractivity contribution in [2.24, 2.45) is 11.8 Å². The van der Waals surface area contributed by atoms with E-state index in [2.05, 4.69) is 10.3 Å². The van der Waals surface area contributed by atoms with E-state index in [4.69, 9.17) is 16.3 Å². The lowest BCUT2D eigenvalue weighted by Gasteiger charge is -2.17. The van der Waals surface area contributed by atoms with Gasteiger partial charge in [0.1, 0.15) is 10.8 Å². The van der Waals surface area contributed by atoms with Crippen molar-refractivity contribution in [3.63, 3.8) is 0 Å². The van der Waals surface area contributed by atoms with Gasteiger partial charge in [-0.25, -0.2) is 13.8 Å². The van der Waals surface area contributed by atoms with E-state index < -0.39 is 17.5 Å². The molecule has 2 aromatic rings. The molecule has 1 N–H and O–H groups in total. The molecule has 2 unspecified atom stereocenters. The van der Waals surface area contributed by atoms with Gasteiger partial charge in [-0.15, -0.1) is 0 Å². The number of benzene rings is 1. The van der Waals surface area contributed by atoms with E-state index in [1.54, 1.807) is 13.0 Å². The average Bonchev–Trinajstić information content (AvgIpc) is 3.20. The maximum Gasteiger partial charge on any atom is 0.274 e. The van der Waals surface area contributed by atoms with E-state index in [-0.39, 0.29) is 28.4 Å². The number of nitrogens with zero attached hydrogens (tertiary/aromatic N) is 1. The quantitative estimate of drug-likeness (QED) is 0.781. The van der Waals surface area contributed by atoms with E-state index in [0.717, 1.165) is 30.5 Å². The molecule has 1 aromatic carbocycles. The van der Waals surface area contributed by atoms with Crippen LogP contribution in [0.25, 0.3) is 0 Å². The Morgan fingerprint density at radius 2 is 1.85 bits per heavy atom. The molecule has 0 spiro atoms. The number of hydrogen-bond acceptors (Lipinski definition) is 3. The van der Waals surface area contributed by atoms with Crippen molar-refractivity contribution in [3.8, 4) is 5.75 Å². The highest BCUT2D eigenvalue weighted by atomic mass is 35.5. The van der Waals surface area contributed by atoms with Gasteiger partial charge in [0.15, 0.2) is 17.4 Å². The number of halogens is 3. The fraction of sp³-hybridized carbons (Fsp3) is 0.368. The number of aromatic nitrogens is 1. The minimum Gasteiger partial charge on any atom is -0.484 e. The van der Waals surface area contributed by atoms with Gasteiger partial charge in [-0.2, -0.15) is 0 Å². The maximum absolute atomic E-state index is 14.3. The van der Waals surface area contributed by atoms with Crippen molar-refractivity contribution in [2.45, 2.75) is 32.3 Å². The van der Waals surface area contributed by atoms with Gasteiger partial charge in [0, 0.05) is 17.8 Å². The first kappa shape index (κ1) is 17.2. The average molecular weight is 379 g/mol. The van der Waals surface area contributed by atoms with Crippen molar-refractivity contribution in [2.75, 3.05) is 5.32 Å². The predicted molar refractivity (Wildman–Crippen MR) is 93.5 cm³/mol. The number of pyridine rings is 1. The number of anilines is 1. The first-order valence-corrected chi connectivity index (χ1v) is 8.88. The number of nitrogens with one attached hydrogen (secondary N) is 1. The Kier molecular flexibility index (Phi) is 4.31. The summed E-state index contributed by atoms with van der Waals surface area (Å²) in [6.45, 7) is 1.76. The normalized spacial score (nSPS) is 23.5. The Morgan fingerprint density at radius 3 is 2.46 bits per heavy atom. The number of amides is 1. The summed E-state index contributed by atoms with van der Waals surface area (Å²) in [5, 5.41) is 2.63. The lowest BCUT2D eigenvalue weighted by molar-refractivity contribution is 0.102. The Bertz CT molecular complexity index is 857. The molecule has 7 heteroatoms. The second-order valence-corrected chi connectivity index (χ2v) is 7.35. The Morgan fingerprint density at radius 1 is 1.19 bits per heavy atom. The summed E-state index contributed by atoms with van der Waals surface area (Å²) >= 11 is 5.90. The zero-order valence-corrected chi connectivity index (χ0v) is 14.8. The summed E-state index contributed by atoms with van der Waals surface area (Å²) in [7, 11) is 0. The van der Waals surface area contributed by atoms with E-state index in [1.807, 2.05) is 0 Å². The molecular formula is C19H17ClF2N2O2. The minimum absolute atomic E-state index is 0.00915. The smallest absolute Gasteiger partial charge is 0.274 e. The summed E-state index contributed by atoms with van der Waals surface area (Å²) in [6.07, 6.45) is 2.76. The third kappa shape index (κ3) is 3.38. The highest BCUT2D eigenvalue weighted by molar-refractivity contribution is 6.30. The van der Waals surface area contributed by atoms with Gasteiger partial charge in [0.25, 0.3) is 5.91 Å². The predicted octanol–water partition coefficient (Wildman–Crippen LogP) is 4.75. The number of carbonyl (C=O) groups excluding carboxylic acids is 1. The molecular weight excluding hydrogens is 362 g/mol. The molecule has 1 aromatic heterocycles. The van der Waals surface area contributed by atoms with E-state index in [0.29, 0.717) is 11.8 Å². The van der Waals surface area contributed by atoms with Crippen molar-refractivity contribution in [1.29, 1.82) is 0 Å². The third-order valence-electron chi connectivity index (χ3n) is 5.01. The van der Waals surface area contributed by atoms with Crippen molar-refractivity contribution < 1.29 is 18.3 Å². The summed E-state index contributed by atoms with van der Waals surface area (Å²) < 4.78 is 34.1. The van der Waals surface area contributed by atoms with Gasteiger partial charge in [-0.05, 0) is 49.7 Å². The van der Waals surface area contributed by atoms with Crippen LogP contribution in [-0.4, -0.2) is 17.0 Å². The van der Waals surface area contributed by atoms with Gasteiger partial charge in [-0.1, -0.05) is 17.7 Å². The first-order chi connectivity index (χ1) is 12.4. The maximum atomic E-state index is 14.3. The van der Waals surface area contributed by atoms with Crippen LogP contribution in [0.2, 0.25) is 5.15 Å². The lowest BCUT2D eigenvalue weighted by atomic mass is 10.2. The zero-order chi connectivity index (χ0) is 18.4. The molecule has 2 aliphatic rings.